The lowest BCUT2D eigenvalue weighted by molar-refractivity contribution is -0.120. The molecular weight excluding hydrogens is 458 g/mol. The normalized spacial score (nSPS) is 17.0. The standard InChI is InChI=1S/C27H36F2N2O2.ClH/c1-18(2)21-8-7-9-22(15-21)27(10-5-4-6-11-27)30-17-26(33)25(31-19(3)32)14-20-12-23(28)16-24(29)13-20;/h7-9,12-13,15-16,18,25-26,30,33H,4-6,10-11,14,17H2,1-3H3,(H,31,32);1H/t25-,26-;/m0./s1. The molecule has 1 saturated carbocycles. The summed E-state index contributed by atoms with van der Waals surface area (Å²) in [5, 5.41) is 17.4. The Balaban J connectivity index is 0.00000408. The smallest absolute Gasteiger partial charge is 0.217 e. The number of carbonyl (C=O) groups is 1. The number of rotatable bonds is 9. The first-order chi connectivity index (χ1) is 15.7. The van der Waals surface area contributed by atoms with Gasteiger partial charge in [-0.1, -0.05) is 57.4 Å². The topological polar surface area (TPSA) is 61.4 Å². The average molecular weight is 495 g/mol. The number of benzene rings is 2. The third-order valence-electron chi connectivity index (χ3n) is 6.69. The van der Waals surface area contributed by atoms with Gasteiger partial charge in [-0.15, -0.1) is 12.4 Å². The maximum atomic E-state index is 13.7. The highest BCUT2D eigenvalue weighted by Gasteiger charge is 2.35. The van der Waals surface area contributed by atoms with E-state index >= 15 is 0 Å². The van der Waals surface area contributed by atoms with Crippen LogP contribution in [-0.2, 0) is 16.8 Å². The molecule has 2 aromatic rings. The first kappa shape index (κ1) is 28.2. The monoisotopic (exact) mass is 494 g/mol. The van der Waals surface area contributed by atoms with Gasteiger partial charge in [0.25, 0.3) is 0 Å². The Kier molecular flexibility index (Phi) is 10.5. The zero-order valence-corrected chi connectivity index (χ0v) is 21.1. The molecule has 7 heteroatoms. The number of halogens is 3. The minimum absolute atomic E-state index is 0. The van der Waals surface area contributed by atoms with Crippen LogP contribution in [0.25, 0.3) is 0 Å². The van der Waals surface area contributed by atoms with Crippen LogP contribution in [0.4, 0.5) is 8.78 Å². The number of hydrogen-bond donors (Lipinski definition) is 3. The fourth-order valence-corrected chi connectivity index (χ4v) is 4.89. The molecule has 3 N–H and O–H groups in total. The highest BCUT2D eigenvalue weighted by Crippen LogP contribution is 2.38. The lowest BCUT2D eigenvalue weighted by atomic mass is 9.75. The number of aliphatic hydroxyl groups is 1. The molecule has 1 fully saturated rings. The van der Waals surface area contributed by atoms with Crippen LogP contribution in [0.15, 0.2) is 42.5 Å². The van der Waals surface area contributed by atoms with Crippen molar-refractivity contribution in [3.8, 4) is 0 Å². The van der Waals surface area contributed by atoms with Crippen molar-refractivity contribution in [3.63, 3.8) is 0 Å². The number of hydrogen-bond acceptors (Lipinski definition) is 3. The zero-order chi connectivity index (χ0) is 24.0. The van der Waals surface area contributed by atoms with E-state index in [2.05, 4.69) is 48.7 Å². The summed E-state index contributed by atoms with van der Waals surface area (Å²) in [5.41, 5.74) is 2.66. The largest absolute Gasteiger partial charge is 0.390 e. The van der Waals surface area contributed by atoms with Gasteiger partial charge in [-0.2, -0.15) is 0 Å². The first-order valence-electron chi connectivity index (χ1n) is 11.9. The molecule has 0 bridgehead atoms. The molecule has 0 heterocycles. The molecule has 0 radical (unpaired) electrons. The van der Waals surface area contributed by atoms with E-state index in [1.807, 2.05) is 0 Å². The Hall–Kier alpha value is -2.02. The van der Waals surface area contributed by atoms with E-state index in [9.17, 15) is 18.7 Å². The highest BCUT2D eigenvalue weighted by molar-refractivity contribution is 5.85. The maximum absolute atomic E-state index is 13.7. The van der Waals surface area contributed by atoms with Gasteiger partial charge in [-0.3, -0.25) is 4.79 Å². The van der Waals surface area contributed by atoms with Crippen LogP contribution in [0.2, 0.25) is 0 Å². The molecule has 3 rings (SSSR count). The molecule has 1 aliphatic rings. The molecule has 0 saturated heterocycles. The van der Waals surface area contributed by atoms with Crippen LogP contribution in [0, 0.1) is 11.6 Å². The number of nitrogens with one attached hydrogen (secondary N) is 2. The maximum Gasteiger partial charge on any atom is 0.217 e. The predicted molar refractivity (Wildman–Crippen MR) is 134 cm³/mol. The van der Waals surface area contributed by atoms with Gasteiger partial charge < -0.3 is 15.7 Å². The third-order valence-corrected chi connectivity index (χ3v) is 6.69. The summed E-state index contributed by atoms with van der Waals surface area (Å²) in [6.07, 6.45) is 4.55. The minimum atomic E-state index is -0.924. The van der Waals surface area contributed by atoms with E-state index in [0.29, 0.717) is 11.5 Å². The summed E-state index contributed by atoms with van der Waals surface area (Å²) in [6, 6.07) is 11.3. The van der Waals surface area contributed by atoms with E-state index < -0.39 is 23.8 Å². The van der Waals surface area contributed by atoms with E-state index in [4.69, 9.17) is 0 Å². The zero-order valence-electron chi connectivity index (χ0n) is 20.2. The van der Waals surface area contributed by atoms with Gasteiger partial charge in [0.15, 0.2) is 0 Å². The van der Waals surface area contributed by atoms with Crippen LogP contribution in [0.1, 0.15) is 75.5 Å². The number of carbonyl (C=O) groups excluding carboxylic acids is 1. The molecule has 34 heavy (non-hydrogen) atoms. The fraction of sp³-hybridized carbons (Fsp3) is 0.519. The second-order valence-electron chi connectivity index (χ2n) is 9.66. The van der Waals surface area contributed by atoms with Crippen LogP contribution in [0.3, 0.4) is 0 Å². The van der Waals surface area contributed by atoms with Crippen LogP contribution >= 0.6 is 12.4 Å². The summed E-state index contributed by atoms with van der Waals surface area (Å²) in [7, 11) is 0. The molecule has 2 aromatic carbocycles. The van der Waals surface area contributed by atoms with Crippen LogP contribution in [0.5, 0.6) is 0 Å². The highest BCUT2D eigenvalue weighted by atomic mass is 35.5. The molecule has 0 unspecified atom stereocenters. The van der Waals surface area contributed by atoms with Crippen LogP contribution in [-0.4, -0.2) is 29.7 Å². The lowest BCUT2D eigenvalue weighted by Gasteiger charge is -2.40. The average Bonchev–Trinajstić information content (AvgIpc) is 2.77. The van der Waals surface area contributed by atoms with Crippen molar-refractivity contribution in [2.45, 2.75) is 82.9 Å². The van der Waals surface area contributed by atoms with Crippen molar-refractivity contribution in [2.24, 2.45) is 0 Å². The van der Waals surface area contributed by atoms with Gasteiger partial charge in [0.1, 0.15) is 11.6 Å². The second kappa shape index (κ2) is 12.6. The molecule has 0 aliphatic heterocycles. The third kappa shape index (κ3) is 7.49. The van der Waals surface area contributed by atoms with Crippen molar-refractivity contribution in [3.05, 3.63) is 70.8 Å². The van der Waals surface area contributed by atoms with Gasteiger partial charge >= 0.3 is 0 Å². The quantitative estimate of drug-likeness (QED) is 0.439. The second-order valence-corrected chi connectivity index (χ2v) is 9.66. The predicted octanol–water partition coefficient (Wildman–Crippen LogP) is 5.37. The Morgan fingerprint density at radius 2 is 1.71 bits per heavy atom. The van der Waals surface area contributed by atoms with E-state index in [0.717, 1.165) is 31.7 Å². The van der Waals surface area contributed by atoms with Crippen molar-refractivity contribution in [2.75, 3.05) is 6.54 Å². The van der Waals surface area contributed by atoms with Crippen molar-refractivity contribution in [1.82, 2.24) is 10.6 Å². The van der Waals surface area contributed by atoms with Gasteiger partial charge in [-0.25, -0.2) is 8.78 Å². The van der Waals surface area contributed by atoms with Gasteiger partial charge in [0.2, 0.25) is 5.91 Å². The van der Waals surface area contributed by atoms with Gasteiger partial charge in [0.05, 0.1) is 12.1 Å². The van der Waals surface area contributed by atoms with Crippen molar-refractivity contribution in [1.29, 1.82) is 0 Å². The number of amides is 1. The molecule has 188 valence electrons. The molecular formula is C27H37ClF2N2O2. The molecule has 1 amide bonds. The van der Waals surface area contributed by atoms with Crippen molar-refractivity contribution >= 4 is 18.3 Å². The van der Waals surface area contributed by atoms with E-state index in [-0.39, 0.29) is 36.8 Å². The summed E-state index contributed by atoms with van der Waals surface area (Å²) >= 11 is 0. The fourth-order valence-electron chi connectivity index (χ4n) is 4.89. The minimum Gasteiger partial charge on any atom is -0.390 e. The Morgan fingerprint density at radius 3 is 2.29 bits per heavy atom. The lowest BCUT2D eigenvalue weighted by Crippen LogP contribution is -2.53. The summed E-state index contributed by atoms with van der Waals surface area (Å²) in [6.45, 7) is 5.99. The van der Waals surface area contributed by atoms with E-state index in [1.54, 1.807) is 0 Å². The SMILES string of the molecule is CC(=O)N[C@@H](Cc1cc(F)cc(F)c1)[C@@H](O)CNC1(c2cccc(C(C)C)c2)CCCCC1.Cl. The molecule has 0 aromatic heterocycles. The molecule has 4 nitrogen and oxygen atoms in total. The Labute approximate surface area is 207 Å². The Bertz CT molecular complexity index is 928. The summed E-state index contributed by atoms with van der Waals surface area (Å²) < 4.78 is 27.3. The number of aliphatic hydroxyl groups excluding tert-OH is 1. The van der Waals surface area contributed by atoms with Gasteiger partial charge in [-0.05, 0) is 54.0 Å². The summed E-state index contributed by atoms with van der Waals surface area (Å²) in [4.78, 5) is 11.8. The van der Waals surface area contributed by atoms with Crippen molar-refractivity contribution < 1.29 is 18.7 Å². The molecule has 2 atom stereocenters. The first-order valence-corrected chi connectivity index (χ1v) is 11.9. The van der Waals surface area contributed by atoms with E-state index in [1.165, 1.54) is 36.6 Å². The molecule has 1 aliphatic carbocycles. The summed E-state index contributed by atoms with van der Waals surface area (Å²) in [5.74, 6) is -1.23. The molecule has 0 spiro atoms. The van der Waals surface area contributed by atoms with Gasteiger partial charge in [0, 0.05) is 25.1 Å². The van der Waals surface area contributed by atoms with Crippen LogP contribution < -0.4 is 10.6 Å². The Morgan fingerprint density at radius 1 is 1.06 bits per heavy atom.